The molecule has 16 heavy (non-hydrogen) atoms. The SMILES string of the molecule is Cc1cc(C)cc(S(=O)(=O)NCC(C)N)c1. The van der Waals surface area contributed by atoms with Gasteiger partial charge in [-0.05, 0) is 44.0 Å². The molecule has 0 aliphatic rings. The summed E-state index contributed by atoms with van der Waals surface area (Å²) in [4.78, 5) is 0.297. The molecule has 1 unspecified atom stereocenters. The van der Waals surface area contributed by atoms with E-state index in [0.717, 1.165) is 11.1 Å². The number of hydrogen-bond acceptors (Lipinski definition) is 3. The summed E-state index contributed by atoms with van der Waals surface area (Å²) in [7, 11) is -3.43. The van der Waals surface area contributed by atoms with E-state index in [1.54, 1.807) is 19.1 Å². The molecule has 0 spiro atoms. The summed E-state index contributed by atoms with van der Waals surface area (Å²) in [6.45, 7) is 5.74. The predicted octanol–water partition coefficient (Wildman–Crippen LogP) is 0.929. The van der Waals surface area contributed by atoms with Gasteiger partial charge in [-0.2, -0.15) is 0 Å². The highest BCUT2D eigenvalue weighted by atomic mass is 32.2. The van der Waals surface area contributed by atoms with Crippen molar-refractivity contribution in [3.05, 3.63) is 29.3 Å². The molecule has 3 N–H and O–H groups in total. The predicted molar refractivity (Wildman–Crippen MR) is 64.8 cm³/mol. The Kier molecular flexibility index (Phi) is 4.07. The monoisotopic (exact) mass is 242 g/mol. The van der Waals surface area contributed by atoms with Crippen molar-refractivity contribution in [2.45, 2.75) is 31.7 Å². The highest BCUT2D eigenvalue weighted by molar-refractivity contribution is 7.89. The van der Waals surface area contributed by atoms with Crippen LogP contribution < -0.4 is 10.5 Å². The molecule has 0 saturated heterocycles. The lowest BCUT2D eigenvalue weighted by atomic mass is 10.2. The molecule has 1 atom stereocenters. The molecular formula is C11H18N2O2S. The van der Waals surface area contributed by atoms with Crippen LogP contribution in [-0.4, -0.2) is 21.0 Å². The number of rotatable bonds is 4. The molecule has 0 heterocycles. The topological polar surface area (TPSA) is 72.2 Å². The van der Waals surface area contributed by atoms with Crippen LogP contribution in [0.4, 0.5) is 0 Å². The second kappa shape index (κ2) is 4.95. The van der Waals surface area contributed by atoms with Crippen molar-refractivity contribution in [1.82, 2.24) is 4.72 Å². The Morgan fingerprint density at radius 3 is 2.19 bits per heavy atom. The van der Waals surface area contributed by atoms with Crippen LogP contribution in [-0.2, 0) is 10.0 Å². The molecular weight excluding hydrogens is 224 g/mol. The number of nitrogens with two attached hydrogens (primary N) is 1. The molecule has 90 valence electrons. The Hall–Kier alpha value is -0.910. The molecule has 0 aromatic heterocycles. The lowest BCUT2D eigenvalue weighted by Crippen LogP contribution is -2.35. The summed E-state index contributed by atoms with van der Waals surface area (Å²) >= 11 is 0. The van der Waals surface area contributed by atoms with Crippen molar-refractivity contribution in [2.24, 2.45) is 5.73 Å². The van der Waals surface area contributed by atoms with Crippen LogP contribution in [0.15, 0.2) is 23.1 Å². The Bertz CT molecular complexity index is 447. The van der Waals surface area contributed by atoms with Gasteiger partial charge in [0.15, 0.2) is 0 Å². The van der Waals surface area contributed by atoms with Crippen LogP contribution in [0.25, 0.3) is 0 Å². The van der Waals surface area contributed by atoms with Crippen LogP contribution in [0.5, 0.6) is 0 Å². The molecule has 0 radical (unpaired) electrons. The molecule has 4 nitrogen and oxygen atoms in total. The Morgan fingerprint density at radius 1 is 1.25 bits per heavy atom. The summed E-state index contributed by atoms with van der Waals surface area (Å²) < 4.78 is 26.2. The number of benzene rings is 1. The van der Waals surface area contributed by atoms with Gasteiger partial charge < -0.3 is 5.73 Å². The number of nitrogens with one attached hydrogen (secondary N) is 1. The van der Waals surface area contributed by atoms with Crippen LogP contribution in [0.1, 0.15) is 18.1 Å². The van der Waals surface area contributed by atoms with Crippen LogP contribution in [0.2, 0.25) is 0 Å². The van der Waals surface area contributed by atoms with E-state index in [1.165, 1.54) is 0 Å². The quantitative estimate of drug-likeness (QED) is 0.825. The maximum Gasteiger partial charge on any atom is 0.240 e. The average molecular weight is 242 g/mol. The van der Waals surface area contributed by atoms with Gasteiger partial charge in [0, 0.05) is 12.6 Å². The molecule has 0 saturated carbocycles. The molecule has 1 aromatic rings. The van der Waals surface area contributed by atoms with Gasteiger partial charge in [0.1, 0.15) is 0 Å². The second-order valence-electron chi connectivity index (χ2n) is 4.15. The van der Waals surface area contributed by atoms with Gasteiger partial charge in [0.05, 0.1) is 4.90 Å². The van der Waals surface area contributed by atoms with Gasteiger partial charge in [0.2, 0.25) is 10.0 Å². The minimum atomic E-state index is -3.43. The molecule has 0 fully saturated rings. The van der Waals surface area contributed by atoms with Crippen molar-refractivity contribution in [3.8, 4) is 0 Å². The molecule has 0 aliphatic heterocycles. The van der Waals surface area contributed by atoms with Crippen molar-refractivity contribution in [1.29, 1.82) is 0 Å². The highest BCUT2D eigenvalue weighted by Crippen LogP contribution is 2.13. The van der Waals surface area contributed by atoms with E-state index in [-0.39, 0.29) is 12.6 Å². The van der Waals surface area contributed by atoms with Crippen molar-refractivity contribution < 1.29 is 8.42 Å². The van der Waals surface area contributed by atoms with E-state index in [4.69, 9.17) is 5.73 Å². The van der Waals surface area contributed by atoms with Gasteiger partial charge in [-0.1, -0.05) is 6.07 Å². The summed E-state index contributed by atoms with van der Waals surface area (Å²) in [6, 6.07) is 5.04. The maximum atomic E-state index is 11.9. The fourth-order valence-corrected chi connectivity index (χ4v) is 2.74. The van der Waals surface area contributed by atoms with Crippen LogP contribution in [0, 0.1) is 13.8 Å². The second-order valence-corrected chi connectivity index (χ2v) is 5.92. The fourth-order valence-electron chi connectivity index (χ4n) is 1.41. The summed E-state index contributed by atoms with van der Waals surface area (Å²) in [5, 5.41) is 0. The van der Waals surface area contributed by atoms with E-state index in [1.807, 2.05) is 19.9 Å². The van der Waals surface area contributed by atoms with Gasteiger partial charge in [-0.3, -0.25) is 0 Å². The third kappa shape index (κ3) is 3.59. The lowest BCUT2D eigenvalue weighted by Gasteiger charge is -2.10. The average Bonchev–Trinajstić information content (AvgIpc) is 2.13. The molecule has 1 rings (SSSR count). The first-order chi connectivity index (χ1) is 7.31. The normalized spacial score (nSPS) is 13.8. The first-order valence-corrected chi connectivity index (χ1v) is 6.63. The highest BCUT2D eigenvalue weighted by Gasteiger charge is 2.14. The van der Waals surface area contributed by atoms with Gasteiger partial charge >= 0.3 is 0 Å². The third-order valence-electron chi connectivity index (χ3n) is 2.10. The summed E-state index contributed by atoms with van der Waals surface area (Å²) in [6.07, 6.45) is 0. The summed E-state index contributed by atoms with van der Waals surface area (Å²) in [5.74, 6) is 0. The van der Waals surface area contributed by atoms with E-state index < -0.39 is 10.0 Å². The molecule has 1 aromatic carbocycles. The first kappa shape index (κ1) is 13.2. The zero-order valence-electron chi connectivity index (χ0n) is 9.82. The largest absolute Gasteiger partial charge is 0.327 e. The van der Waals surface area contributed by atoms with Gasteiger partial charge in [-0.25, -0.2) is 13.1 Å². The molecule has 0 amide bonds. The lowest BCUT2D eigenvalue weighted by molar-refractivity contribution is 0.573. The minimum Gasteiger partial charge on any atom is -0.327 e. The van der Waals surface area contributed by atoms with Crippen molar-refractivity contribution in [2.75, 3.05) is 6.54 Å². The smallest absolute Gasteiger partial charge is 0.240 e. The zero-order valence-corrected chi connectivity index (χ0v) is 10.6. The Balaban J connectivity index is 2.98. The van der Waals surface area contributed by atoms with Gasteiger partial charge in [-0.15, -0.1) is 0 Å². The van der Waals surface area contributed by atoms with E-state index in [0.29, 0.717) is 4.90 Å². The van der Waals surface area contributed by atoms with Crippen LogP contribution in [0.3, 0.4) is 0 Å². The van der Waals surface area contributed by atoms with E-state index in [9.17, 15) is 8.42 Å². The molecule has 0 aliphatic carbocycles. The fraction of sp³-hybridized carbons (Fsp3) is 0.455. The maximum absolute atomic E-state index is 11.9. The number of hydrogen-bond donors (Lipinski definition) is 2. The Morgan fingerprint density at radius 2 is 1.75 bits per heavy atom. The van der Waals surface area contributed by atoms with E-state index >= 15 is 0 Å². The van der Waals surface area contributed by atoms with Crippen molar-refractivity contribution >= 4 is 10.0 Å². The molecule has 0 bridgehead atoms. The summed E-state index contributed by atoms with van der Waals surface area (Å²) in [5.41, 5.74) is 7.37. The van der Waals surface area contributed by atoms with Crippen LogP contribution >= 0.6 is 0 Å². The number of sulfonamides is 1. The zero-order chi connectivity index (χ0) is 12.3. The third-order valence-corrected chi connectivity index (χ3v) is 3.50. The number of aryl methyl sites for hydroxylation is 2. The first-order valence-electron chi connectivity index (χ1n) is 5.15. The minimum absolute atomic E-state index is 0.194. The standard InChI is InChI=1S/C11H18N2O2S/c1-8-4-9(2)6-11(5-8)16(14,15)13-7-10(3)12/h4-6,10,13H,7,12H2,1-3H3. The van der Waals surface area contributed by atoms with Gasteiger partial charge in [0.25, 0.3) is 0 Å². The van der Waals surface area contributed by atoms with E-state index in [2.05, 4.69) is 4.72 Å². The van der Waals surface area contributed by atoms with Crippen molar-refractivity contribution in [3.63, 3.8) is 0 Å². The Labute approximate surface area is 96.9 Å². The molecule has 5 heteroatoms.